The Balaban J connectivity index is 1.67. The SMILES string of the molecule is CN=C(NCC1CCN(C(=O)OC(C)(C)C)CC1)N1CCC(COCCOC)C1. The largest absolute Gasteiger partial charge is 0.444 e. The zero-order valence-electron chi connectivity index (χ0n) is 18.9. The van der Waals surface area contributed by atoms with Crippen LogP contribution in [0.2, 0.25) is 0 Å². The predicted molar refractivity (Wildman–Crippen MR) is 114 cm³/mol. The fourth-order valence-corrected chi connectivity index (χ4v) is 3.77. The van der Waals surface area contributed by atoms with Gasteiger partial charge in [0.25, 0.3) is 0 Å². The van der Waals surface area contributed by atoms with E-state index < -0.39 is 5.60 Å². The summed E-state index contributed by atoms with van der Waals surface area (Å²) in [5.41, 5.74) is -0.440. The van der Waals surface area contributed by atoms with Crippen molar-refractivity contribution in [3.63, 3.8) is 0 Å². The summed E-state index contributed by atoms with van der Waals surface area (Å²) in [6.45, 7) is 12.2. The number of amides is 1. The van der Waals surface area contributed by atoms with Crippen LogP contribution in [0, 0.1) is 11.8 Å². The van der Waals surface area contributed by atoms with Gasteiger partial charge in [-0.15, -0.1) is 0 Å². The average Bonchev–Trinajstić information content (AvgIpc) is 3.13. The van der Waals surface area contributed by atoms with E-state index >= 15 is 0 Å². The molecule has 8 heteroatoms. The minimum Gasteiger partial charge on any atom is -0.444 e. The Labute approximate surface area is 175 Å². The van der Waals surface area contributed by atoms with Crippen molar-refractivity contribution < 1.29 is 19.0 Å². The minimum atomic E-state index is -0.440. The Kier molecular flexibility index (Phi) is 9.49. The second-order valence-electron chi connectivity index (χ2n) is 9.01. The number of likely N-dealkylation sites (tertiary alicyclic amines) is 2. The van der Waals surface area contributed by atoms with Crippen molar-refractivity contribution in [1.29, 1.82) is 0 Å². The highest BCUT2D eigenvalue weighted by atomic mass is 16.6. The van der Waals surface area contributed by atoms with Crippen LogP contribution in [0.1, 0.15) is 40.0 Å². The first-order valence-corrected chi connectivity index (χ1v) is 10.8. The van der Waals surface area contributed by atoms with Gasteiger partial charge in [0.2, 0.25) is 0 Å². The average molecular weight is 413 g/mol. The number of hydrogen-bond acceptors (Lipinski definition) is 5. The molecule has 2 saturated heterocycles. The summed E-state index contributed by atoms with van der Waals surface area (Å²) in [6, 6.07) is 0. The molecule has 0 radical (unpaired) electrons. The highest BCUT2D eigenvalue weighted by Gasteiger charge is 2.28. The third kappa shape index (κ3) is 8.38. The van der Waals surface area contributed by atoms with Crippen molar-refractivity contribution in [1.82, 2.24) is 15.1 Å². The van der Waals surface area contributed by atoms with Crippen LogP contribution in [0.3, 0.4) is 0 Å². The lowest BCUT2D eigenvalue weighted by atomic mass is 9.97. The molecule has 8 nitrogen and oxygen atoms in total. The van der Waals surface area contributed by atoms with Crippen LogP contribution in [0.25, 0.3) is 0 Å². The fraction of sp³-hybridized carbons (Fsp3) is 0.905. The van der Waals surface area contributed by atoms with Crippen molar-refractivity contribution in [2.45, 2.75) is 45.6 Å². The predicted octanol–water partition coefficient (Wildman–Crippen LogP) is 2.19. The van der Waals surface area contributed by atoms with E-state index in [0.717, 1.165) is 64.6 Å². The normalized spacial score (nSPS) is 21.6. The summed E-state index contributed by atoms with van der Waals surface area (Å²) in [7, 11) is 3.54. The molecule has 0 aromatic rings. The number of nitrogens with zero attached hydrogens (tertiary/aromatic N) is 3. The Morgan fingerprint density at radius 2 is 1.72 bits per heavy atom. The third-order valence-electron chi connectivity index (χ3n) is 5.40. The lowest BCUT2D eigenvalue weighted by molar-refractivity contribution is 0.0185. The van der Waals surface area contributed by atoms with Gasteiger partial charge in [0.05, 0.1) is 19.8 Å². The van der Waals surface area contributed by atoms with Gasteiger partial charge >= 0.3 is 6.09 Å². The number of methoxy groups -OCH3 is 1. The van der Waals surface area contributed by atoms with Gasteiger partial charge in [-0.25, -0.2) is 4.79 Å². The third-order valence-corrected chi connectivity index (χ3v) is 5.40. The smallest absolute Gasteiger partial charge is 0.410 e. The van der Waals surface area contributed by atoms with Gasteiger partial charge in [0.1, 0.15) is 5.60 Å². The molecule has 168 valence electrons. The molecule has 2 fully saturated rings. The van der Waals surface area contributed by atoms with E-state index in [4.69, 9.17) is 14.2 Å². The number of piperidine rings is 1. The van der Waals surface area contributed by atoms with E-state index in [1.54, 1.807) is 7.11 Å². The number of carbonyl (C=O) groups is 1. The molecule has 0 saturated carbocycles. The summed E-state index contributed by atoms with van der Waals surface area (Å²) < 4.78 is 16.2. The van der Waals surface area contributed by atoms with Crippen LogP contribution < -0.4 is 5.32 Å². The van der Waals surface area contributed by atoms with Crippen molar-refractivity contribution in [3.8, 4) is 0 Å². The summed E-state index contributed by atoms with van der Waals surface area (Å²) >= 11 is 0. The number of aliphatic imine (C=N–C) groups is 1. The standard InChI is InChI=1S/C21H40N4O4/c1-21(2,3)29-20(26)24-9-6-17(7-10-24)14-23-19(22-4)25-11-8-18(15-25)16-28-13-12-27-5/h17-18H,6-16H2,1-5H3,(H,22,23). The van der Waals surface area contributed by atoms with E-state index in [1.807, 2.05) is 32.7 Å². The molecule has 0 aliphatic carbocycles. The van der Waals surface area contributed by atoms with Gasteiger partial charge in [0, 0.05) is 52.8 Å². The second-order valence-corrected chi connectivity index (χ2v) is 9.01. The lowest BCUT2D eigenvalue weighted by Gasteiger charge is -2.34. The van der Waals surface area contributed by atoms with Gasteiger partial charge in [0.15, 0.2) is 5.96 Å². The van der Waals surface area contributed by atoms with Crippen molar-refractivity contribution in [2.75, 3.05) is 66.7 Å². The van der Waals surface area contributed by atoms with Crippen LogP contribution in [-0.2, 0) is 14.2 Å². The summed E-state index contributed by atoms with van der Waals surface area (Å²) in [4.78, 5) is 20.8. The van der Waals surface area contributed by atoms with Gasteiger partial charge in [-0.05, 0) is 46.0 Å². The number of hydrogen-bond donors (Lipinski definition) is 1. The molecule has 1 amide bonds. The van der Waals surface area contributed by atoms with Crippen LogP contribution in [-0.4, -0.2) is 94.2 Å². The van der Waals surface area contributed by atoms with E-state index in [-0.39, 0.29) is 6.09 Å². The molecule has 0 aromatic carbocycles. The van der Waals surface area contributed by atoms with Crippen molar-refractivity contribution >= 4 is 12.1 Å². The Bertz CT molecular complexity index is 527. The maximum Gasteiger partial charge on any atom is 0.410 e. The molecule has 1 atom stereocenters. The summed E-state index contributed by atoms with van der Waals surface area (Å²) in [5.74, 6) is 2.06. The lowest BCUT2D eigenvalue weighted by Crippen LogP contribution is -2.46. The summed E-state index contributed by atoms with van der Waals surface area (Å²) in [6.07, 6.45) is 2.90. The molecular weight excluding hydrogens is 372 g/mol. The van der Waals surface area contributed by atoms with Crippen LogP contribution in [0.4, 0.5) is 4.79 Å². The fourth-order valence-electron chi connectivity index (χ4n) is 3.77. The second kappa shape index (κ2) is 11.6. The molecule has 2 rings (SSSR count). The molecule has 2 aliphatic heterocycles. The molecular formula is C21H40N4O4. The minimum absolute atomic E-state index is 0.199. The van der Waals surface area contributed by atoms with Crippen molar-refractivity contribution in [3.05, 3.63) is 0 Å². The first kappa shape index (κ1) is 23.7. The van der Waals surface area contributed by atoms with E-state index in [2.05, 4.69) is 15.2 Å². The number of ether oxygens (including phenoxy) is 3. The van der Waals surface area contributed by atoms with E-state index in [0.29, 0.717) is 25.0 Å². The number of carbonyl (C=O) groups excluding carboxylic acids is 1. The number of nitrogens with one attached hydrogen (secondary N) is 1. The Hall–Kier alpha value is -1.54. The molecule has 2 heterocycles. The van der Waals surface area contributed by atoms with Crippen LogP contribution >= 0.6 is 0 Å². The molecule has 1 N–H and O–H groups in total. The maximum atomic E-state index is 12.2. The maximum absolute atomic E-state index is 12.2. The highest BCUT2D eigenvalue weighted by Crippen LogP contribution is 2.20. The Morgan fingerprint density at radius 1 is 1.07 bits per heavy atom. The molecule has 0 spiro atoms. The van der Waals surface area contributed by atoms with Crippen molar-refractivity contribution in [2.24, 2.45) is 16.8 Å². The van der Waals surface area contributed by atoms with Gasteiger partial charge < -0.3 is 29.3 Å². The number of rotatable bonds is 7. The molecule has 0 bridgehead atoms. The van der Waals surface area contributed by atoms with Gasteiger partial charge in [-0.2, -0.15) is 0 Å². The van der Waals surface area contributed by atoms with E-state index in [1.165, 1.54) is 0 Å². The molecule has 0 aromatic heterocycles. The van der Waals surface area contributed by atoms with Crippen LogP contribution in [0.5, 0.6) is 0 Å². The zero-order chi connectivity index (χ0) is 21.3. The number of guanidine groups is 1. The highest BCUT2D eigenvalue weighted by molar-refractivity contribution is 5.80. The molecule has 2 aliphatic rings. The molecule has 1 unspecified atom stereocenters. The first-order chi connectivity index (χ1) is 13.8. The van der Waals surface area contributed by atoms with E-state index in [9.17, 15) is 4.79 Å². The van der Waals surface area contributed by atoms with Gasteiger partial charge in [-0.1, -0.05) is 0 Å². The first-order valence-electron chi connectivity index (χ1n) is 10.8. The molecule has 29 heavy (non-hydrogen) atoms. The summed E-state index contributed by atoms with van der Waals surface area (Å²) in [5, 5.41) is 3.54. The quantitative estimate of drug-likeness (QED) is 0.392. The Morgan fingerprint density at radius 3 is 2.34 bits per heavy atom. The monoisotopic (exact) mass is 412 g/mol. The van der Waals surface area contributed by atoms with Gasteiger partial charge in [-0.3, -0.25) is 4.99 Å². The van der Waals surface area contributed by atoms with Crippen LogP contribution in [0.15, 0.2) is 4.99 Å². The topological polar surface area (TPSA) is 75.6 Å². The zero-order valence-corrected chi connectivity index (χ0v) is 18.9.